The molecule has 0 aliphatic rings. The molecule has 0 aliphatic heterocycles. The van der Waals surface area contributed by atoms with Crippen LogP contribution in [0.15, 0.2) is 35.4 Å². The van der Waals surface area contributed by atoms with E-state index in [-0.39, 0.29) is 5.69 Å². The van der Waals surface area contributed by atoms with Gasteiger partial charge in [-0.05, 0) is 24.1 Å². The summed E-state index contributed by atoms with van der Waals surface area (Å²) in [4.78, 5) is 11.2. The minimum Gasteiger partial charge on any atom is -0.250 e. The van der Waals surface area contributed by atoms with Crippen LogP contribution in [0.1, 0.15) is 12.5 Å². The Balaban J connectivity index is 2.44. The van der Waals surface area contributed by atoms with Gasteiger partial charge in [0.2, 0.25) is 0 Å². The van der Waals surface area contributed by atoms with Crippen molar-refractivity contribution in [3.05, 3.63) is 46.6 Å². The molecule has 1 aromatic heterocycles. The second-order valence-corrected chi connectivity index (χ2v) is 3.05. The summed E-state index contributed by atoms with van der Waals surface area (Å²) in [7, 11) is 0. The molecule has 0 unspecified atom stereocenters. The Morgan fingerprint density at radius 3 is 2.57 bits per heavy atom. The molecule has 0 atom stereocenters. The molecule has 4 nitrogen and oxygen atoms in total. The number of nitrogens with zero attached hydrogens (tertiary/aromatic N) is 2. The van der Waals surface area contributed by atoms with E-state index in [9.17, 15) is 4.79 Å². The minimum atomic E-state index is -0.214. The Hall–Kier alpha value is -1.84. The molecule has 0 bridgehead atoms. The predicted octanol–water partition coefficient (Wildman–Crippen LogP) is 1.12. The predicted molar refractivity (Wildman–Crippen MR) is 53.6 cm³/mol. The molecule has 72 valence electrons. The van der Waals surface area contributed by atoms with Crippen molar-refractivity contribution in [3.63, 3.8) is 0 Å². The Morgan fingerprint density at radius 1 is 1.36 bits per heavy atom. The number of benzene rings is 1. The van der Waals surface area contributed by atoms with Gasteiger partial charge in [-0.15, -0.1) is 0 Å². The zero-order valence-corrected chi connectivity index (χ0v) is 7.90. The summed E-state index contributed by atoms with van der Waals surface area (Å²) in [6, 6.07) is 7.84. The molecule has 0 saturated heterocycles. The van der Waals surface area contributed by atoms with Crippen molar-refractivity contribution in [2.75, 3.05) is 0 Å². The summed E-state index contributed by atoms with van der Waals surface area (Å²) in [5.41, 5.74) is 1.88. The molecular formula is C10H11N3O. The second-order valence-electron chi connectivity index (χ2n) is 3.05. The summed E-state index contributed by atoms with van der Waals surface area (Å²) in [5.74, 6) is 0. The number of hydrogen-bond donors (Lipinski definition) is 1. The summed E-state index contributed by atoms with van der Waals surface area (Å²) in [5, 5.41) is 6.02. The molecule has 1 N–H and O–H groups in total. The van der Waals surface area contributed by atoms with Gasteiger partial charge in [-0.2, -0.15) is 5.10 Å². The topological polar surface area (TPSA) is 50.7 Å². The fraction of sp³-hybridized carbons (Fsp3) is 0.200. The van der Waals surface area contributed by atoms with Gasteiger partial charge in [0.1, 0.15) is 6.33 Å². The Morgan fingerprint density at radius 2 is 2.07 bits per heavy atom. The normalized spacial score (nSPS) is 10.4. The number of aromatic nitrogens is 3. The van der Waals surface area contributed by atoms with Crippen LogP contribution in [0.4, 0.5) is 0 Å². The van der Waals surface area contributed by atoms with E-state index >= 15 is 0 Å². The van der Waals surface area contributed by atoms with Crippen molar-refractivity contribution in [3.8, 4) is 5.69 Å². The number of hydrogen-bond acceptors (Lipinski definition) is 2. The molecule has 0 aliphatic carbocycles. The molecule has 1 heterocycles. The molecule has 0 fully saturated rings. The van der Waals surface area contributed by atoms with E-state index in [0.29, 0.717) is 0 Å². The summed E-state index contributed by atoms with van der Waals surface area (Å²) in [6.07, 6.45) is 2.48. The first-order valence-electron chi connectivity index (χ1n) is 4.52. The van der Waals surface area contributed by atoms with E-state index in [0.717, 1.165) is 12.1 Å². The van der Waals surface area contributed by atoms with Crippen LogP contribution in [-0.2, 0) is 6.42 Å². The van der Waals surface area contributed by atoms with Crippen LogP contribution < -0.4 is 5.69 Å². The number of aromatic amines is 1. The van der Waals surface area contributed by atoms with Crippen molar-refractivity contribution in [2.45, 2.75) is 13.3 Å². The third kappa shape index (κ3) is 1.46. The molecule has 0 spiro atoms. The van der Waals surface area contributed by atoms with Gasteiger partial charge in [0.15, 0.2) is 0 Å². The monoisotopic (exact) mass is 189 g/mol. The van der Waals surface area contributed by atoms with E-state index < -0.39 is 0 Å². The van der Waals surface area contributed by atoms with Crippen LogP contribution in [0.2, 0.25) is 0 Å². The highest BCUT2D eigenvalue weighted by Gasteiger charge is 1.99. The lowest BCUT2D eigenvalue weighted by Crippen LogP contribution is -2.13. The molecule has 14 heavy (non-hydrogen) atoms. The Labute approximate surface area is 81.2 Å². The van der Waals surface area contributed by atoms with Crippen molar-refractivity contribution < 1.29 is 0 Å². The van der Waals surface area contributed by atoms with Gasteiger partial charge < -0.3 is 0 Å². The molecule has 0 saturated carbocycles. The minimum absolute atomic E-state index is 0.214. The lowest BCUT2D eigenvalue weighted by molar-refractivity contribution is 0.979. The highest BCUT2D eigenvalue weighted by atomic mass is 16.1. The van der Waals surface area contributed by atoms with Crippen LogP contribution in [-0.4, -0.2) is 14.8 Å². The van der Waals surface area contributed by atoms with Gasteiger partial charge in [0.05, 0.1) is 5.69 Å². The van der Waals surface area contributed by atoms with E-state index in [1.165, 1.54) is 16.5 Å². The Bertz CT molecular complexity index is 467. The maximum absolute atomic E-state index is 11.2. The van der Waals surface area contributed by atoms with Gasteiger partial charge in [-0.25, -0.2) is 14.5 Å². The maximum Gasteiger partial charge on any atom is 0.347 e. The van der Waals surface area contributed by atoms with Crippen LogP contribution in [0.3, 0.4) is 0 Å². The molecule has 4 heteroatoms. The number of nitrogens with one attached hydrogen (secondary N) is 1. The summed E-state index contributed by atoms with van der Waals surface area (Å²) in [6.45, 7) is 2.10. The first-order valence-corrected chi connectivity index (χ1v) is 4.52. The molecule has 2 rings (SSSR count). The van der Waals surface area contributed by atoms with E-state index in [2.05, 4.69) is 17.1 Å². The number of rotatable bonds is 2. The van der Waals surface area contributed by atoms with Gasteiger partial charge >= 0.3 is 5.69 Å². The second kappa shape index (κ2) is 3.49. The Kier molecular flexibility index (Phi) is 2.18. The first kappa shape index (κ1) is 8.74. The zero-order valence-electron chi connectivity index (χ0n) is 7.90. The maximum atomic E-state index is 11.2. The molecule has 0 amide bonds. The zero-order chi connectivity index (χ0) is 9.97. The SMILES string of the molecule is CCc1ccc(-n2cn[nH]c2=O)cc1. The van der Waals surface area contributed by atoms with Crippen LogP contribution in [0, 0.1) is 0 Å². The third-order valence-electron chi connectivity index (χ3n) is 2.17. The largest absolute Gasteiger partial charge is 0.347 e. The lowest BCUT2D eigenvalue weighted by atomic mass is 10.1. The molecule has 0 radical (unpaired) electrons. The first-order chi connectivity index (χ1) is 6.81. The van der Waals surface area contributed by atoms with E-state index in [1.807, 2.05) is 24.3 Å². The standard InChI is InChI=1S/C10H11N3O/c1-2-8-3-5-9(6-4-8)13-7-11-12-10(13)14/h3-7H,2H2,1H3,(H,12,14). The van der Waals surface area contributed by atoms with Crippen molar-refractivity contribution in [1.82, 2.24) is 14.8 Å². The van der Waals surface area contributed by atoms with Crippen molar-refractivity contribution in [1.29, 1.82) is 0 Å². The number of H-pyrrole nitrogens is 1. The average molecular weight is 189 g/mol. The quantitative estimate of drug-likeness (QED) is 0.769. The van der Waals surface area contributed by atoms with Gasteiger partial charge in [0.25, 0.3) is 0 Å². The smallest absolute Gasteiger partial charge is 0.250 e. The van der Waals surface area contributed by atoms with Crippen LogP contribution in [0.25, 0.3) is 5.69 Å². The van der Waals surface area contributed by atoms with E-state index in [4.69, 9.17) is 0 Å². The number of aryl methyl sites for hydroxylation is 1. The summed E-state index contributed by atoms with van der Waals surface area (Å²) >= 11 is 0. The van der Waals surface area contributed by atoms with E-state index in [1.54, 1.807) is 0 Å². The van der Waals surface area contributed by atoms with Gasteiger partial charge in [-0.3, -0.25) is 0 Å². The fourth-order valence-electron chi connectivity index (χ4n) is 1.32. The van der Waals surface area contributed by atoms with Gasteiger partial charge in [-0.1, -0.05) is 19.1 Å². The van der Waals surface area contributed by atoms with Crippen LogP contribution in [0.5, 0.6) is 0 Å². The lowest BCUT2D eigenvalue weighted by Gasteiger charge is -2.00. The van der Waals surface area contributed by atoms with Crippen molar-refractivity contribution >= 4 is 0 Å². The highest BCUT2D eigenvalue weighted by Crippen LogP contribution is 2.07. The molecule has 1 aromatic carbocycles. The average Bonchev–Trinajstić information content (AvgIpc) is 2.65. The summed E-state index contributed by atoms with van der Waals surface area (Å²) < 4.78 is 1.47. The third-order valence-corrected chi connectivity index (χ3v) is 2.17. The highest BCUT2D eigenvalue weighted by molar-refractivity contribution is 5.34. The fourth-order valence-corrected chi connectivity index (χ4v) is 1.32. The van der Waals surface area contributed by atoms with Crippen molar-refractivity contribution in [2.24, 2.45) is 0 Å². The molecule has 2 aromatic rings. The van der Waals surface area contributed by atoms with Gasteiger partial charge in [0, 0.05) is 0 Å². The molecular weight excluding hydrogens is 178 g/mol. The van der Waals surface area contributed by atoms with Crippen LogP contribution >= 0.6 is 0 Å².